The molecule has 2 fully saturated rings. The summed E-state index contributed by atoms with van der Waals surface area (Å²) < 4.78 is 0. The van der Waals surface area contributed by atoms with Gasteiger partial charge in [0.05, 0.1) is 6.10 Å². The van der Waals surface area contributed by atoms with Crippen LogP contribution in [0.4, 0.5) is 0 Å². The summed E-state index contributed by atoms with van der Waals surface area (Å²) in [6, 6.07) is 0.628. The summed E-state index contributed by atoms with van der Waals surface area (Å²) in [5.74, 6) is 1.48. The van der Waals surface area contributed by atoms with Crippen LogP contribution >= 0.6 is 0 Å². The Morgan fingerprint density at radius 2 is 2.12 bits per heavy atom. The molecule has 0 radical (unpaired) electrons. The molecule has 94 valence electrons. The van der Waals surface area contributed by atoms with E-state index in [0.717, 1.165) is 38.4 Å². The monoisotopic (exact) mass is 226 g/mol. The number of aliphatic hydroxyl groups excluding tert-OH is 1. The van der Waals surface area contributed by atoms with Crippen molar-refractivity contribution in [1.82, 2.24) is 4.90 Å². The largest absolute Gasteiger partial charge is 0.392 e. The molecule has 4 unspecified atom stereocenters. The van der Waals surface area contributed by atoms with Gasteiger partial charge < -0.3 is 10.8 Å². The zero-order valence-corrected chi connectivity index (χ0v) is 10.4. The first-order valence-electron chi connectivity index (χ1n) is 6.83. The van der Waals surface area contributed by atoms with Gasteiger partial charge in [-0.2, -0.15) is 0 Å². The number of rotatable bonds is 2. The highest BCUT2D eigenvalue weighted by Crippen LogP contribution is 2.33. The van der Waals surface area contributed by atoms with E-state index >= 15 is 0 Å². The van der Waals surface area contributed by atoms with Crippen LogP contribution in [0.1, 0.15) is 39.0 Å². The Bertz CT molecular complexity index is 222. The van der Waals surface area contributed by atoms with E-state index in [4.69, 9.17) is 5.73 Å². The Morgan fingerprint density at radius 3 is 2.81 bits per heavy atom. The molecule has 2 rings (SSSR count). The Hall–Kier alpha value is -0.120. The highest BCUT2D eigenvalue weighted by Gasteiger charge is 2.33. The van der Waals surface area contributed by atoms with E-state index in [9.17, 15) is 5.11 Å². The smallest absolute Gasteiger partial charge is 0.0667 e. The number of piperidine rings is 1. The number of likely N-dealkylation sites (tertiary alicyclic amines) is 1. The number of aliphatic hydroxyl groups is 1. The van der Waals surface area contributed by atoms with Gasteiger partial charge >= 0.3 is 0 Å². The molecule has 3 heteroatoms. The topological polar surface area (TPSA) is 49.5 Å². The molecule has 3 nitrogen and oxygen atoms in total. The molecular formula is C13H26N2O. The van der Waals surface area contributed by atoms with E-state index in [1.54, 1.807) is 0 Å². The third-order valence-corrected chi connectivity index (χ3v) is 4.42. The Balaban J connectivity index is 1.98. The second-order valence-corrected chi connectivity index (χ2v) is 5.77. The standard InChI is InChI=1S/C13H26N2O/c1-10-4-5-11(8-14)13(7-10)15-6-2-3-12(16)9-15/h10-13,16H,2-9,14H2,1H3. The zero-order valence-electron chi connectivity index (χ0n) is 10.4. The summed E-state index contributed by atoms with van der Waals surface area (Å²) in [6.45, 7) is 5.18. The van der Waals surface area contributed by atoms with Crippen LogP contribution in [-0.2, 0) is 0 Å². The van der Waals surface area contributed by atoms with Gasteiger partial charge in [-0.15, -0.1) is 0 Å². The molecule has 2 aliphatic rings. The molecule has 3 N–H and O–H groups in total. The van der Waals surface area contributed by atoms with Crippen molar-refractivity contribution in [3.05, 3.63) is 0 Å². The van der Waals surface area contributed by atoms with E-state index in [2.05, 4.69) is 11.8 Å². The molecule has 0 spiro atoms. The number of hydrogen-bond acceptors (Lipinski definition) is 3. The van der Waals surface area contributed by atoms with Crippen molar-refractivity contribution in [2.45, 2.75) is 51.2 Å². The lowest BCUT2D eigenvalue weighted by Gasteiger charge is -2.44. The molecule has 0 amide bonds. The molecule has 1 heterocycles. The van der Waals surface area contributed by atoms with Crippen molar-refractivity contribution >= 4 is 0 Å². The van der Waals surface area contributed by atoms with E-state index in [0.29, 0.717) is 12.0 Å². The highest BCUT2D eigenvalue weighted by molar-refractivity contribution is 4.88. The minimum absolute atomic E-state index is 0.107. The third-order valence-electron chi connectivity index (χ3n) is 4.42. The normalized spacial score (nSPS) is 42.2. The third kappa shape index (κ3) is 2.76. The average Bonchev–Trinajstić information content (AvgIpc) is 2.29. The van der Waals surface area contributed by atoms with Gasteiger partial charge in [-0.25, -0.2) is 0 Å². The van der Waals surface area contributed by atoms with Crippen molar-refractivity contribution in [3.63, 3.8) is 0 Å². The SMILES string of the molecule is CC1CCC(CN)C(N2CCCC(O)C2)C1. The average molecular weight is 226 g/mol. The Kier molecular flexibility index (Phi) is 4.22. The summed E-state index contributed by atoms with van der Waals surface area (Å²) in [4.78, 5) is 2.50. The van der Waals surface area contributed by atoms with Crippen LogP contribution in [0.15, 0.2) is 0 Å². The van der Waals surface area contributed by atoms with Gasteiger partial charge in [0.1, 0.15) is 0 Å². The van der Waals surface area contributed by atoms with E-state index in [1.165, 1.54) is 19.3 Å². The van der Waals surface area contributed by atoms with E-state index < -0.39 is 0 Å². The minimum atomic E-state index is -0.107. The summed E-state index contributed by atoms with van der Waals surface area (Å²) >= 11 is 0. The predicted octanol–water partition coefficient (Wildman–Crippen LogP) is 1.21. The second kappa shape index (κ2) is 5.48. The second-order valence-electron chi connectivity index (χ2n) is 5.77. The molecule has 0 aromatic heterocycles. The zero-order chi connectivity index (χ0) is 11.5. The lowest BCUT2D eigenvalue weighted by molar-refractivity contribution is 0.00992. The predicted molar refractivity (Wildman–Crippen MR) is 66.2 cm³/mol. The molecular weight excluding hydrogens is 200 g/mol. The van der Waals surface area contributed by atoms with Crippen molar-refractivity contribution in [3.8, 4) is 0 Å². The van der Waals surface area contributed by atoms with Crippen LogP contribution in [0.2, 0.25) is 0 Å². The molecule has 16 heavy (non-hydrogen) atoms. The first-order chi connectivity index (χ1) is 7.70. The quantitative estimate of drug-likeness (QED) is 0.744. The van der Waals surface area contributed by atoms with Crippen molar-refractivity contribution in [2.75, 3.05) is 19.6 Å². The molecule has 0 aromatic rings. The van der Waals surface area contributed by atoms with Crippen molar-refractivity contribution in [2.24, 2.45) is 17.6 Å². The van der Waals surface area contributed by atoms with Gasteiger partial charge in [-0.3, -0.25) is 4.90 Å². The molecule has 1 aliphatic carbocycles. The number of nitrogens with zero attached hydrogens (tertiary/aromatic N) is 1. The fourth-order valence-electron chi connectivity index (χ4n) is 3.42. The molecule has 0 aromatic carbocycles. The van der Waals surface area contributed by atoms with Crippen LogP contribution in [0.25, 0.3) is 0 Å². The van der Waals surface area contributed by atoms with Gasteiger partial charge in [0.15, 0.2) is 0 Å². The van der Waals surface area contributed by atoms with Gasteiger partial charge in [0.2, 0.25) is 0 Å². The van der Waals surface area contributed by atoms with Crippen molar-refractivity contribution in [1.29, 1.82) is 0 Å². The summed E-state index contributed by atoms with van der Waals surface area (Å²) in [5, 5.41) is 9.76. The molecule has 1 saturated heterocycles. The first-order valence-corrected chi connectivity index (χ1v) is 6.83. The maximum atomic E-state index is 9.76. The summed E-state index contributed by atoms with van der Waals surface area (Å²) in [7, 11) is 0. The van der Waals surface area contributed by atoms with Crippen LogP contribution in [0, 0.1) is 11.8 Å². The highest BCUT2D eigenvalue weighted by atomic mass is 16.3. The lowest BCUT2D eigenvalue weighted by atomic mass is 9.77. The number of hydrogen-bond donors (Lipinski definition) is 2. The molecule has 1 aliphatic heterocycles. The van der Waals surface area contributed by atoms with Crippen LogP contribution < -0.4 is 5.73 Å². The number of β-amino-alcohol motifs (C(OH)–C–C–N with tert-alkyl or cyclic N) is 1. The first kappa shape index (κ1) is 12.3. The molecule has 0 bridgehead atoms. The van der Waals surface area contributed by atoms with Gasteiger partial charge in [0.25, 0.3) is 0 Å². The van der Waals surface area contributed by atoms with Crippen LogP contribution in [0.5, 0.6) is 0 Å². The molecule has 4 atom stereocenters. The van der Waals surface area contributed by atoms with Crippen molar-refractivity contribution < 1.29 is 5.11 Å². The van der Waals surface area contributed by atoms with Crippen LogP contribution in [-0.4, -0.2) is 41.8 Å². The lowest BCUT2D eigenvalue weighted by Crippen LogP contribution is -2.51. The summed E-state index contributed by atoms with van der Waals surface area (Å²) in [6.07, 6.45) is 5.89. The Labute approximate surface area is 99.0 Å². The maximum absolute atomic E-state index is 9.76. The van der Waals surface area contributed by atoms with Gasteiger partial charge in [0, 0.05) is 12.6 Å². The number of nitrogens with two attached hydrogens (primary N) is 1. The summed E-state index contributed by atoms with van der Waals surface area (Å²) in [5.41, 5.74) is 5.89. The van der Waals surface area contributed by atoms with Gasteiger partial charge in [-0.05, 0) is 50.6 Å². The van der Waals surface area contributed by atoms with E-state index in [1.807, 2.05) is 0 Å². The fraction of sp³-hybridized carbons (Fsp3) is 1.00. The maximum Gasteiger partial charge on any atom is 0.0667 e. The van der Waals surface area contributed by atoms with Crippen LogP contribution in [0.3, 0.4) is 0 Å². The molecule has 1 saturated carbocycles. The fourth-order valence-corrected chi connectivity index (χ4v) is 3.42. The van der Waals surface area contributed by atoms with Gasteiger partial charge in [-0.1, -0.05) is 13.3 Å². The van der Waals surface area contributed by atoms with E-state index in [-0.39, 0.29) is 6.10 Å². The minimum Gasteiger partial charge on any atom is -0.392 e. The Morgan fingerprint density at radius 1 is 1.31 bits per heavy atom.